The van der Waals surface area contributed by atoms with Crippen molar-refractivity contribution in [3.8, 4) is 16.9 Å². The van der Waals surface area contributed by atoms with E-state index in [0.29, 0.717) is 5.82 Å². The van der Waals surface area contributed by atoms with Crippen molar-refractivity contribution >= 4 is 28.3 Å². The zero-order chi connectivity index (χ0) is 19.7. The van der Waals surface area contributed by atoms with Crippen LogP contribution in [0.15, 0.2) is 42.9 Å². The molecule has 0 fully saturated rings. The molecule has 0 spiro atoms. The van der Waals surface area contributed by atoms with Crippen LogP contribution < -0.4 is 15.8 Å². The van der Waals surface area contributed by atoms with Gasteiger partial charge >= 0.3 is 0 Å². The second kappa shape index (κ2) is 7.32. The summed E-state index contributed by atoms with van der Waals surface area (Å²) < 4.78 is 7.68. The summed E-state index contributed by atoms with van der Waals surface area (Å²) in [5, 5.41) is 4.33. The lowest BCUT2D eigenvalue weighted by Gasteiger charge is -2.12. The summed E-state index contributed by atoms with van der Waals surface area (Å²) in [5.74, 6) is 1.95. The molecular weight excluding hydrogens is 354 g/mol. The van der Waals surface area contributed by atoms with Crippen molar-refractivity contribution in [2.75, 3.05) is 45.3 Å². The summed E-state index contributed by atoms with van der Waals surface area (Å²) in [4.78, 5) is 15.4. The molecule has 4 heterocycles. The number of rotatable bonds is 6. The number of hydrogen-bond donors (Lipinski definition) is 2. The van der Waals surface area contributed by atoms with Gasteiger partial charge in [-0.25, -0.2) is 15.0 Å². The van der Waals surface area contributed by atoms with Crippen LogP contribution in [0.5, 0.6) is 5.75 Å². The maximum absolute atomic E-state index is 5.95. The van der Waals surface area contributed by atoms with Gasteiger partial charge in [-0.05, 0) is 43.9 Å². The summed E-state index contributed by atoms with van der Waals surface area (Å²) in [6.45, 7) is 1.65. The number of hydrogen-bond acceptors (Lipinski definition) is 7. The molecule has 0 radical (unpaired) electrons. The first-order chi connectivity index (χ1) is 13.6. The van der Waals surface area contributed by atoms with Gasteiger partial charge in [-0.1, -0.05) is 0 Å². The van der Waals surface area contributed by atoms with Gasteiger partial charge in [0.1, 0.15) is 11.6 Å². The van der Waals surface area contributed by atoms with E-state index < -0.39 is 0 Å². The van der Waals surface area contributed by atoms with E-state index in [0.717, 1.165) is 52.5 Å². The van der Waals surface area contributed by atoms with Gasteiger partial charge in [0.2, 0.25) is 5.95 Å². The normalized spacial score (nSPS) is 11.4. The molecule has 0 aliphatic rings. The van der Waals surface area contributed by atoms with Gasteiger partial charge in [0, 0.05) is 37.2 Å². The predicted molar refractivity (Wildman–Crippen MR) is 112 cm³/mol. The van der Waals surface area contributed by atoms with Gasteiger partial charge in [-0.15, -0.1) is 0 Å². The van der Waals surface area contributed by atoms with Crippen molar-refractivity contribution in [1.29, 1.82) is 0 Å². The highest BCUT2D eigenvalue weighted by Gasteiger charge is 2.20. The molecule has 144 valence electrons. The van der Waals surface area contributed by atoms with Gasteiger partial charge in [0.05, 0.1) is 18.0 Å². The van der Waals surface area contributed by atoms with E-state index in [9.17, 15) is 0 Å². The molecule has 0 saturated carbocycles. The van der Waals surface area contributed by atoms with Gasteiger partial charge < -0.3 is 20.7 Å². The van der Waals surface area contributed by atoms with E-state index >= 15 is 0 Å². The van der Waals surface area contributed by atoms with Gasteiger partial charge in [-0.2, -0.15) is 0 Å². The molecule has 0 atom stereocenters. The molecule has 4 aromatic rings. The van der Waals surface area contributed by atoms with Crippen LogP contribution in [0, 0.1) is 0 Å². The molecule has 0 bridgehead atoms. The molecule has 4 rings (SSSR count). The highest BCUT2D eigenvalue weighted by atomic mass is 16.5. The number of aromatic nitrogens is 4. The third-order valence-corrected chi connectivity index (χ3v) is 4.62. The average molecular weight is 377 g/mol. The Balaban J connectivity index is 2.01. The van der Waals surface area contributed by atoms with E-state index in [1.165, 1.54) is 0 Å². The lowest BCUT2D eigenvalue weighted by Crippen LogP contribution is -2.22. The maximum atomic E-state index is 5.95. The summed E-state index contributed by atoms with van der Waals surface area (Å²) in [6.07, 6.45) is 5.25. The minimum absolute atomic E-state index is 0.464. The quantitative estimate of drug-likeness (QED) is 0.533. The summed E-state index contributed by atoms with van der Waals surface area (Å²) in [5.41, 5.74) is 9.65. The third kappa shape index (κ3) is 3.07. The molecule has 0 amide bonds. The van der Waals surface area contributed by atoms with E-state index in [2.05, 4.69) is 25.2 Å². The Labute approximate surface area is 163 Å². The summed E-state index contributed by atoms with van der Waals surface area (Å²) >= 11 is 0. The number of nitrogens with zero attached hydrogens (tertiary/aromatic N) is 5. The number of nitrogens with two attached hydrogens (primary N) is 1. The Morgan fingerprint density at radius 2 is 1.89 bits per heavy atom. The smallest absolute Gasteiger partial charge is 0.209 e. The fourth-order valence-electron chi connectivity index (χ4n) is 3.38. The number of likely N-dealkylation sites (N-methyl/N-ethyl adjacent to an activating group) is 1. The summed E-state index contributed by atoms with van der Waals surface area (Å²) in [6, 6.07) is 7.64. The fourth-order valence-corrected chi connectivity index (χ4v) is 3.38. The van der Waals surface area contributed by atoms with Crippen LogP contribution in [0.3, 0.4) is 0 Å². The minimum atomic E-state index is 0.464. The van der Waals surface area contributed by atoms with Crippen LogP contribution in [0.4, 0.5) is 11.8 Å². The zero-order valence-corrected chi connectivity index (χ0v) is 16.2. The summed E-state index contributed by atoms with van der Waals surface area (Å²) in [7, 11) is 5.74. The van der Waals surface area contributed by atoms with Crippen molar-refractivity contribution in [2.24, 2.45) is 0 Å². The highest BCUT2D eigenvalue weighted by molar-refractivity contribution is 6.08. The Bertz CT molecular complexity index is 1140. The van der Waals surface area contributed by atoms with Crippen molar-refractivity contribution in [2.45, 2.75) is 0 Å². The third-order valence-electron chi connectivity index (χ3n) is 4.62. The second-order valence-electron chi connectivity index (χ2n) is 6.78. The largest absolute Gasteiger partial charge is 0.496 e. The van der Waals surface area contributed by atoms with Crippen LogP contribution in [0.25, 0.3) is 27.7 Å². The first kappa shape index (κ1) is 18.0. The van der Waals surface area contributed by atoms with Crippen molar-refractivity contribution in [3.05, 3.63) is 42.9 Å². The molecule has 4 aromatic heterocycles. The highest BCUT2D eigenvalue weighted by Crippen LogP contribution is 2.40. The Morgan fingerprint density at radius 1 is 1.11 bits per heavy atom. The number of anilines is 2. The molecule has 0 saturated heterocycles. The SMILES string of the molecule is COc1ccnc2c1c(-c1ccnc(N)c1)c1ccnc(NCCN(C)C)n12. The number of pyridine rings is 2. The van der Waals surface area contributed by atoms with Crippen LogP contribution in [0.2, 0.25) is 0 Å². The molecule has 0 aliphatic heterocycles. The number of methoxy groups -OCH3 is 1. The lowest BCUT2D eigenvalue weighted by molar-refractivity contribution is 0.419. The van der Waals surface area contributed by atoms with Crippen LogP contribution in [-0.2, 0) is 0 Å². The number of ether oxygens (including phenoxy) is 1. The molecule has 3 N–H and O–H groups in total. The Kier molecular flexibility index (Phi) is 4.70. The van der Waals surface area contributed by atoms with E-state index in [1.807, 2.05) is 42.8 Å². The molecule has 0 aromatic carbocycles. The van der Waals surface area contributed by atoms with Crippen molar-refractivity contribution < 1.29 is 4.74 Å². The van der Waals surface area contributed by atoms with Gasteiger partial charge in [0.15, 0.2) is 5.65 Å². The van der Waals surface area contributed by atoms with E-state index in [4.69, 9.17) is 10.5 Å². The molecule has 8 nitrogen and oxygen atoms in total. The molecule has 28 heavy (non-hydrogen) atoms. The first-order valence-electron chi connectivity index (χ1n) is 9.02. The van der Waals surface area contributed by atoms with Gasteiger partial charge in [0.25, 0.3) is 0 Å². The molecule has 0 aliphatic carbocycles. The van der Waals surface area contributed by atoms with Crippen molar-refractivity contribution in [1.82, 2.24) is 24.3 Å². The first-order valence-corrected chi connectivity index (χ1v) is 9.02. The van der Waals surface area contributed by atoms with Crippen LogP contribution in [0.1, 0.15) is 0 Å². The topological polar surface area (TPSA) is 93.6 Å². The molecule has 8 heteroatoms. The molecule has 0 unspecified atom stereocenters. The second-order valence-corrected chi connectivity index (χ2v) is 6.78. The van der Waals surface area contributed by atoms with E-state index in [-0.39, 0.29) is 0 Å². The zero-order valence-electron chi connectivity index (χ0n) is 16.2. The van der Waals surface area contributed by atoms with Crippen LogP contribution >= 0.6 is 0 Å². The minimum Gasteiger partial charge on any atom is -0.496 e. The van der Waals surface area contributed by atoms with Crippen LogP contribution in [-0.4, -0.2) is 58.5 Å². The lowest BCUT2D eigenvalue weighted by atomic mass is 10.0. The van der Waals surface area contributed by atoms with E-state index in [1.54, 1.807) is 25.7 Å². The number of nitrogen functional groups attached to an aromatic ring is 1. The average Bonchev–Trinajstić information content (AvgIpc) is 3.03. The standard InChI is InChI=1S/C20H23N7O/c1-26(2)11-10-25-20-24-8-5-14-17(13-4-7-22-16(21)12-13)18-15(28-3)6-9-23-19(18)27(14)20/h4-9,12H,10-11H2,1-3H3,(H2,21,22)(H,24,25). The maximum Gasteiger partial charge on any atom is 0.209 e. The number of fused-ring (bicyclic) bond motifs is 3. The van der Waals surface area contributed by atoms with Crippen molar-refractivity contribution in [3.63, 3.8) is 0 Å². The fraction of sp³-hybridized carbons (Fsp3) is 0.250. The Morgan fingerprint density at radius 3 is 2.64 bits per heavy atom. The van der Waals surface area contributed by atoms with Gasteiger partial charge in [-0.3, -0.25) is 4.40 Å². The number of nitrogens with one attached hydrogen (secondary N) is 1. The Hall–Kier alpha value is -3.39. The molecular formula is C20H23N7O. The predicted octanol–water partition coefficient (Wildman–Crippen LogP) is 2.51. The monoisotopic (exact) mass is 377 g/mol.